The zero-order chi connectivity index (χ0) is 8.97. The van der Waals surface area contributed by atoms with E-state index in [1.807, 2.05) is 13.8 Å². The van der Waals surface area contributed by atoms with Gasteiger partial charge < -0.3 is 9.72 Å². The van der Waals surface area contributed by atoms with Crippen molar-refractivity contribution in [3.63, 3.8) is 0 Å². The molecule has 0 aliphatic carbocycles. The molecule has 1 heterocycles. The Bertz CT molecular complexity index is 244. The topological polar surface area (TPSA) is 55.0 Å². The predicted molar refractivity (Wildman–Crippen MR) is 43.8 cm³/mol. The number of esters is 1. The molecule has 1 unspecified atom stereocenters. The van der Waals surface area contributed by atoms with Crippen LogP contribution in [-0.4, -0.2) is 22.0 Å². The molecule has 1 aromatic heterocycles. The summed E-state index contributed by atoms with van der Waals surface area (Å²) in [6.45, 7) is 3.81. The highest BCUT2D eigenvalue weighted by molar-refractivity contribution is 5.86. The fourth-order valence-electron chi connectivity index (χ4n) is 0.698. The summed E-state index contributed by atoms with van der Waals surface area (Å²) in [5, 5.41) is 0. The molecular formula is C8H12N2O2. The molecule has 0 aliphatic heterocycles. The standard InChI is InChI=1S/C8H12N2O2/c1-3-6(2)12-8(11)7-4-9-5-10-7/h4-6H,3H2,1-2H3,(H,9,10). The third-order valence-electron chi connectivity index (χ3n) is 1.59. The Morgan fingerprint density at radius 1 is 1.83 bits per heavy atom. The molecule has 0 saturated heterocycles. The van der Waals surface area contributed by atoms with Gasteiger partial charge in [0.25, 0.3) is 0 Å². The fourth-order valence-corrected chi connectivity index (χ4v) is 0.698. The van der Waals surface area contributed by atoms with Gasteiger partial charge in [-0.3, -0.25) is 0 Å². The first-order valence-electron chi connectivity index (χ1n) is 3.93. The minimum Gasteiger partial charge on any atom is -0.458 e. The Balaban J connectivity index is 2.50. The third kappa shape index (κ3) is 2.08. The van der Waals surface area contributed by atoms with Gasteiger partial charge in [0, 0.05) is 6.20 Å². The van der Waals surface area contributed by atoms with Crippen molar-refractivity contribution in [2.24, 2.45) is 0 Å². The molecule has 0 spiro atoms. The van der Waals surface area contributed by atoms with E-state index in [0.29, 0.717) is 5.69 Å². The van der Waals surface area contributed by atoms with Crippen molar-refractivity contribution in [1.29, 1.82) is 0 Å². The molecule has 66 valence electrons. The van der Waals surface area contributed by atoms with Crippen molar-refractivity contribution in [1.82, 2.24) is 9.97 Å². The molecule has 4 heteroatoms. The molecule has 1 N–H and O–H groups in total. The highest BCUT2D eigenvalue weighted by atomic mass is 16.5. The number of H-pyrrole nitrogens is 1. The predicted octanol–water partition coefficient (Wildman–Crippen LogP) is 1.36. The van der Waals surface area contributed by atoms with Gasteiger partial charge in [-0.25, -0.2) is 9.78 Å². The van der Waals surface area contributed by atoms with E-state index >= 15 is 0 Å². The Labute approximate surface area is 71.0 Å². The van der Waals surface area contributed by atoms with E-state index < -0.39 is 0 Å². The lowest BCUT2D eigenvalue weighted by Crippen LogP contribution is -2.14. The van der Waals surface area contributed by atoms with Crippen LogP contribution in [0.15, 0.2) is 12.5 Å². The lowest BCUT2D eigenvalue weighted by Gasteiger charge is -2.08. The second-order valence-electron chi connectivity index (χ2n) is 2.58. The average Bonchev–Trinajstić information content (AvgIpc) is 2.56. The van der Waals surface area contributed by atoms with E-state index in [1.165, 1.54) is 12.5 Å². The van der Waals surface area contributed by atoms with Gasteiger partial charge in [0.1, 0.15) is 0 Å². The Morgan fingerprint density at radius 2 is 2.58 bits per heavy atom. The van der Waals surface area contributed by atoms with Crippen molar-refractivity contribution >= 4 is 5.97 Å². The summed E-state index contributed by atoms with van der Waals surface area (Å²) in [5.41, 5.74) is 0.329. The number of hydrogen-bond donors (Lipinski definition) is 1. The van der Waals surface area contributed by atoms with Crippen molar-refractivity contribution in [3.8, 4) is 0 Å². The number of carbonyl (C=O) groups excluding carboxylic acids is 1. The molecule has 0 saturated carbocycles. The summed E-state index contributed by atoms with van der Waals surface area (Å²) in [7, 11) is 0. The second kappa shape index (κ2) is 3.90. The molecule has 4 nitrogen and oxygen atoms in total. The number of aromatic nitrogens is 2. The Kier molecular flexibility index (Phi) is 2.85. The third-order valence-corrected chi connectivity index (χ3v) is 1.59. The number of ether oxygens (including phenoxy) is 1. The van der Waals surface area contributed by atoms with Gasteiger partial charge in [0.2, 0.25) is 0 Å². The molecule has 0 radical (unpaired) electrons. The minimum absolute atomic E-state index is 0.0470. The van der Waals surface area contributed by atoms with E-state index in [2.05, 4.69) is 9.97 Å². The Hall–Kier alpha value is -1.32. The minimum atomic E-state index is -0.370. The van der Waals surface area contributed by atoms with Crippen LogP contribution < -0.4 is 0 Å². The zero-order valence-corrected chi connectivity index (χ0v) is 7.20. The quantitative estimate of drug-likeness (QED) is 0.693. The van der Waals surface area contributed by atoms with Crippen LogP contribution in [0.2, 0.25) is 0 Å². The van der Waals surface area contributed by atoms with Gasteiger partial charge in [-0.15, -0.1) is 0 Å². The van der Waals surface area contributed by atoms with Crippen molar-refractivity contribution < 1.29 is 9.53 Å². The maximum absolute atomic E-state index is 11.2. The fraction of sp³-hybridized carbons (Fsp3) is 0.500. The van der Waals surface area contributed by atoms with Gasteiger partial charge >= 0.3 is 5.97 Å². The summed E-state index contributed by atoms with van der Waals surface area (Å²) in [5.74, 6) is -0.370. The molecule has 1 atom stereocenters. The summed E-state index contributed by atoms with van der Waals surface area (Å²) in [6.07, 6.45) is 3.74. The monoisotopic (exact) mass is 168 g/mol. The highest BCUT2D eigenvalue weighted by Crippen LogP contribution is 2.01. The molecule has 0 amide bonds. The maximum Gasteiger partial charge on any atom is 0.358 e. The molecule has 0 aliphatic rings. The molecular weight excluding hydrogens is 156 g/mol. The van der Waals surface area contributed by atoms with Crippen LogP contribution in [-0.2, 0) is 4.74 Å². The first-order chi connectivity index (χ1) is 5.74. The zero-order valence-electron chi connectivity index (χ0n) is 7.20. The van der Waals surface area contributed by atoms with Crippen LogP contribution in [0, 0.1) is 0 Å². The number of nitrogens with zero attached hydrogens (tertiary/aromatic N) is 1. The largest absolute Gasteiger partial charge is 0.458 e. The van der Waals surface area contributed by atoms with E-state index in [1.54, 1.807) is 0 Å². The van der Waals surface area contributed by atoms with Crippen molar-refractivity contribution in [3.05, 3.63) is 18.2 Å². The maximum atomic E-state index is 11.2. The van der Waals surface area contributed by atoms with Crippen LogP contribution in [0.5, 0.6) is 0 Å². The smallest absolute Gasteiger partial charge is 0.358 e. The Morgan fingerprint density at radius 3 is 3.08 bits per heavy atom. The van der Waals surface area contributed by atoms with Crippen LogP contribution >= 0.6 is 0 Å². The number of rotatable bonds is 3. The van der Waals surface area contributed by atoms with E-state index in [9.17, 15) is 4.79 Å². The normalized spacial score (nSPS) is 12.5. The van der Waals surface area contributed by atoms with E-state index in [0.717, 1.165) is 6.42 Å². The van der Waals surface area contributed by atoms with Crippen molar-refractivity contribution in [2.75, 3.05) is 0 Å². The highest BCUT2D eigenvalue weighted by Gasteiger charge is 2.11. The van der Waals surface area contributed by atoms with Crippen LogP contribution in [0.1, 0.15) is 30.8 Å². The van der Waals surface area contributed by atoms with Gasteiger partial charge in [-0.1, -0.05) is 6.92 Å². The summed E-state index contributed by atoms with van der Waals surface area (Å²) in [4.78, 5) is 17.6. The number of hydrogen-bond acceptors (Lipinski definition) is 3. The van der Waals surface area contributed by atoms with Gasteiger partial charge in [-0.2, -0.15) is 0 Å². The van der Waals surface area contributed by atoms with Gasteiger partial charge in [0.05, 0.1) is 12.4 Å². The second-order valence-corrected chi connectivity index (χ2v) is 2.58. The molecule has 1 aromatic rings. The summed E-state index contributed by atoms with van der Waals surface area (Å²) >= 11 is 0. The lowest BCUT2D eigenvalue weighted by molar-refractivity contribution is 0.0328. The molecule has 1 rings (SSSR count). The number of imidazole rings is 1. The van der Waals surface area contributed by atoms with E-state index in [-0.39, 0.29) is 12.1 Å². The van der Waals surface area contributed by atoms with Gasteiger partial charge in [0.15, 0.2) is 5.69 Å². The number of aromatic amines is 1. The number of carbonyl (C=O) groups is 1. The van der Waals surface area contributed by atoms with Crippen LogP contribution in [0.25, 0.3) is 0 Å². The first kappa shape index (κ1) is 8.77. The average molecular weight is 168 g/mol. The first-order valence-corrected chi connectivity index (χ1v) is 3.93. The van der Waals surface area contributed by atoms with Crippen molar-refractivity contribution in [2.45, 2.75) is 26.4 Å². The SMILES string of the molecule is CCC(C)OC(=O)c1c[nH]cn1. The van der Waals surface area contributed by atoms with Crippen LogP contribution in [0.3, 0.4) is 0 Å². The van der Waals surface area contributed by atoms with E-state index in [4.69, 9.17) is 4.74 Å². The van der Waals surface area contributed by atoms with Crippen LogP contribution in [0.4, 0.5) is 0 Å². The van der Waals surface area contributed by atoms with Gasteiger partial charge in [-0.05, 0) is 13.3 Å². The number of nitrogens with one attached hydrogen (secondary N) is 1. The molecule has 0 aromatic carbocycles. The molecule has 0 bridgehead atoms. The summed E-state index contributed by atoms with van der Waals surface area (Å²) in [6, 6.07) is 0. The lowest BCUT2D eigenvalue weighted by atomic mass is 10.3. The summed E-state index contributed by atoms with van der Waals surface area (Å²) < 4.78 is 5.02. The molecule has 12 heavy (non-hydrogen) atoms. The molecule has 0 fully saturated rings.